The van der Waals surface area contributed by atoms with E-state index in [1.165, 1.54) is 0 Å². The van der Waals surface area contributed by atoms with Gasteiger partial charge in [-0.05, 0) is 49.4 Å². The third-order valence-corrected chi connectivity index (χ3v) is 8.43. The lowest BCUT2D eigenvalue weighted by atomic mass is 9.47. The molecule has 0 bridgehead atoms. The molecule has 6 atom stereocenters. The van der Waals surface area contributed by atoms with Crippen LogP contribution in [0.25, 0.3) is 0 Å². The maximum Gasteiger partial charge on any atom is 0.139 e. The molecule has 1 unspecified atom stereocenters. The molecule has 4 aliphatic carbocycles. The predicted molar refractivity (Wildman–Crippen MR) is 116 cm³/mol. The van der Waals surface area contributed by atoms with Crippen molar-refractivity contribution in [2.24, 2.45) is 40.2 Å². The first-order chi connectivity index (χ1) is 14.4. The number of nitrogens with two attached hydrogens (primary N) is 1. The molecular formula is C24H37N3O3. The Morgan fingerprint density at radius 1 is 1.17 bits per heavy atom. The van der Waals surface area contributed by atoms with Crippen molar-refractivity contribution >= 4 is 5.78 Å². The van der Waals surface area contributed by atoms with E-state index in [9.17, 15) is 4.79 Å². The molecule has 4 N–H and O–H groups in total. The van der Waals surface area contributed by atoms with E-state index >= 15 is 0 Å². The molecule has 0 aromatic carbocycles. The number of Topliss-reactive ketones (excluding diaryl/α,β-unsaturated/α-hetero) is 1. The number of rotatable bonds is 8. The average Bonchev–Trinajstić information content (AvgIpc) is 3.04. The molecule has 0 saturated heterocycles. The first-order valence-electron chi connectivity index (χ1n) is 11.5. The monoisotopic (exact) mass is 415 g/mol. The highest BCUT2D eigenvalue weighted by Gasteiger charge is 2.60. The third-order valence-electron chi connectivity index (χ3n) is 8.43. The van der Waals surface area contributed by atoms with Gasteiger partial charge >= 0.3 is 0 Å². The standard InChI is InChI=1S/C24H37N3O3/c1-4-12-29-27-20-15-16-14-17(26-30-13-11-25)7-9-23(16,2)19-8-10-24(3)18(22(19)20)5-6-21(24)28/h4,14-16,18-19,22,26-27H,1,5-13,25H2,2-3H3/t16?,18-,19-,22-,23-,24-/m0/s1. The number of carbonyl (C=O) groups is 1. The molecule has 0 aliphatic heterocycles. The van der Waals surface area contributed by atoms with E-state index in [0.717, 1.165) is 49.9 Å². The molecule has 0 spiro atoms. The SMILES string of the molecule is C=CCONC1=CC2C=C(NOCCN)CC[C@]2(C)[C@H]2CC[C@]3(C)C(=O)CC[C@H]3[C@H]12. The van der Waals surface area contributed by atoms with Gasteiger partial charge in [0.2, 0.25) is 0 Å². The van der Waals surface area contributed by atoms with Gasteiger partial charge in [-0.1, -0.05) is 32.1 Å². The lowest BCUT2D eigenvalue weighted by Crippen LogP contribution is -2.54. The van der Waals surface area contributed by atoms with Crippen LogP contribution in [0.5, 0.6) is 0 Å². The van der Waals surface area contributed by atoms with E-state index in [0.29, 0.717) is 49.2 Å². The average molecular weight is 416 g/mol. The van der Waals surface area contributed by atoms with Crippen molar-refractivity contribution < 1.29 is 14.5 Å². The van der Waals surface area contributed by atoms with Gasteiger partial charge in [-0.2, -0.15) is 0 Å². The molecule has 166 valence electrons. The second-order valence-corrected chi connectivity index (χ2v) is 9.94. The van der Waals surface area contributed by atoms with Gasteiger partial charge in [-0.3, -0.25) is 25.4 Å². The molecule has 6 nitrogen and oxygen atoms in total. The normalized spacial score (nSPS) is 39.9. The van der Waals surface area contributed by atoms with E-state index in [2.05, 4.69) is 43.5 Å². The van der Waals surface area contributed by atoms with E-state index in [1.54, 1.807) is 6.08 Å². The summed E-state index contributed by atoms with van der Waals surface area (Å²) >= 11 is 0. The second-order valence-electron chi connectivity index (χ2n) is 9.94. The summed E-state index contributed by atoms with van der Waals surface area (Å²) in [6, 6.07) is 0. The molecule has 4 aliphatic rings. The maximum atomic E-state index is 12.8. The van der Waals surface area contributed by atoms with Crippen LogP contribution in [0.3, 0.4) is 0 Å². The summed E-state index contributed by atoms with van der Waals surface area (Å²) in [6.07, 6.45) is 12.3. The lowest BCUT2D eigenvalue weighted by molar-refractivity contribution is -0.132. The highest BCUT2D eigenvalue weighted by Crippen LogP contribution is 2.64. The molecule has 0 aromatic heterocycles. The van der Waals surface area contributed by atoms with E-state index in [4.69, 9.17) is 15.4 Å². The Kier molecular flexibility index (Phi) is 6.11. The van der Waals surface area contributed by atoms with Gasteiger partial charge in [0.1, 0.15) is 5.78 Å². The summed E-state index contributed by atoms with van der Waals surface area (Å²) in [5.41, 5.74) is 14.2. The van der Waals surface area contributed by atoms with Crippen molar-refractivity contribution in [2.75, 3.05) is 19.8 Å². The van der Waals surface area contributed by atoms with Gasteiger partial charge in [0, 0.05) is 41.6 Å². The zero-order valence-corrected chi connectivity index (χ0v) is 18.4. The van der Waals surface area contributed by atoms with Gasteiger partial charge in [-0.25, -0.2) is 0 Å². The zero-order valence-electron chi connectivity index (χ0n) is 18.4. The highest BCUT2D eigenvalue weighted by molar-refractivity contribution is 5.87. The van der Waals surface area contributed by atoms with Crippen LogP contribution in [0.15, 0.2) is 36.2 Å². The molecule has 4 rings (SSSR count). The number of hydrogen-bond donors (Lipinski definition) is 3. The summed E-state index contributed by atoms with van der Waals surface area (Å²) in [6.45, 7) is 9.85. The largest absolute Gasteiger partial charge is 0.328 e. The number of nitrogens with one attached hydrogen (secondary N) is 2. The quantitative estimate of drug-likeness (QED) is 0.320. The fourth-order valence-corrected chi connectivity index (χ4v) is 6.70. The van der Waals surface area contributed by atoms with Gasteiger partial charge < -0.3 is 5.73 Å². The van der Waals surface area contributed by atoms with Crippen molar-refractivity contribution in [3.8, 4) is 0 Å². The van der Waals surface area contributed by atoms with Crippen LogP contribution in [0.2, 0.25) is 0 Å². The minimum atomic E-state index is -0.184. The molecule has 6 heteroatoms. The molecule has 0 amide bonds. The molecule has 0 radical (unpaired) electrons. The van der Waals surface area contributed by atoms with Gasteiger partial charge in [0.25, 0.3) is 0 Å². The fourth-order valence-electron chi connectivity index (χ4n) is 6.70. The van der Waals surface area contributed by atoms with Gasteiger partial charge in [0.05, 0.1) is 13.2 Å². The molecule has 30 heavy (non-hydrogen) atoms. The minimum Gasteiger partial charge on any atom is -0.328 e. The summed E-state index contributed by atoms with van der Waals surface area (Å²) in [4.78, 5) is 24.0. The van der Waals surface area contributed by atoms with E-state index in [1.807, 2.05) is 0 Å². The van der Waals surface area contributed by atoms with Crippen LogP contribution >= 0.6 is 0 Å². The summed E-state index contributed by atoms with van der Waals surface area (Å²) in [5.74, 6) is 2.03. The molecule has 0 aromatic rings. The van der Waals surface area contributed by atoms with Crippen molar-refractivity contribution in [1.29, 1.82) is 0 Å². The van der Waals surface area contributed by atoms with Crippen molar-refractivity contribution in [2.45, 2.75) is 52.4 Å². The Hall–Kier alpha value is -1.63. The minimum absolute atomic E-state index is 0.181. The van der Waals surface area contributed by atoms with Crippen molar-refractivity contribution in [3.63, 3.8) is 0 Å². The number of hydrogen-bond acceptors (Lipinski definition) is 6. The lowest BCUT2D eigenvalue weighted by Gasteiger charge is -2.57. The smallest absolute Gasteiger partial charge is 0.139 e. The van der Waals surface area contributed by atoms with E-state index in [-0.39, 0.29) is 10.8 Å². The first-order valence-corrected chi connectivity index (χ1v) is 11.5. The third kappa shape index (κ3) is 3.53. The maximum absolute atomic E-state index is 12.8. The molecule has 0 heterocycles. The predicted octanol–water partition coefficient (Wildman–Crippen LogP) is 3.38. The van der Waals surface area contributed by atoms with Crippen LogP contribution < -0.4 is 16.7 Å². The highest BCUT2D eigenvalue weighted by atomic mass is 16.6. The Bertz CT molecular complexity index is 748. The molecular weight excluding hydrogens is 378 g/mol. The number of carbonyl (C=O) groups excluding carboxylic acids is 1. The Morgan fingerprint density at radius 2 is 2.00 bits per heavy atom. The van der Waals surface area contributed by atoms with Crippen molar-refractivity contribution in [3.05, 3.63) is 36.2 Å². The van der Waals surface area contributed by atoms with Crippen LogP contribution in [-0.4, -0.2) is 25.5 Å². The molecule has 2 fully saturated rings. The van der Waals surface area contributed by atoms with Crippen LogP contribution in [0, 0.1) is 34.5 Å². The summed E-state index contributed by atoms with van der Waals surface area (Å²) in [7, 11) is 0. The van der Waals surface area contributed by atoms with Gasteiger partial charge in [-0.15, -0.1) is 6.58 Å². The van der Waals surface area contributed by atoms with Crippen LogP contribution in [0.1, 0.15) is 52.4 Å². The summed E-state index contributed by atoms with van der Waals surface area (Å²) < 4.78 is 0. The summed E-state index contributed by atoms with van der Waals surface area (Å²) in [5, 5.41) is 0. The number of fused-ring (bicyclic) bond motifs is 5. The second kappa shape index (κ2) is 8.48. The number of allylic oxidation sites excluding steroid dienone is 4. The van der Waals surface area contributed by atoms with Crippen LogP contribution in [0.4, 0.5) is 0 Å². The van der Waals surface area contributed by atoms with Crippen molar-refractivity contribution in [1.82, 2.24) is 11.0 Å². The fraction of sp³-hybridized carbons (Fsp3) is 0.708. The topological polar surface area (TPSA) is 85.6 Å². The number of hydroxylamine groups is 2. The molecule has 2 saturated carbocycles. The first kappa shape index (κ1) is 21.6. The van der Waals surface area contributed by atoms with Crippen LogP contribution in [-0.2, 0) is 14.5 Å². The number of ketones is 1. The van der Waals surface area contributed by atoms with Gasteiger partial charge in [0.15, 0.2) is 0 Å². The Morgan fingerprint density at radius 3 is 2.77 bits per heavy atom. The van der Waals surface area contributed by atoms with E-state index < -0.39 is 0 Å². The Balaban J connectivity index is 1.66. The zero-order chi connectivity index (χ0) is 21.4. The Labute approximate surface area is 180 Å².